The number of aromatic amines is 1. The largest absolute Gasteiger partial charge is 0.339 e. The number of amides is 1. The second-order valence-corrected chi connectivity index (χ2v) is 8.70. The van der Waals surface area contributed by atoms with E-state index in [1.807, 2.05) is 17.0 Å². The number of hydrogen-bond acceptors (Lipinski definition) is 2. The lowest BCUT2D eigenvalue weighted by Gasteiger charge is -2.26. The van der Waals surface area contributed by atoms with E-state index in [1.165, 1.54) is 5.56 Å². The Bertz CT molecular complexity index is 936. The van der Waals surface area contributed by atoms with Gasteiger partial charge in [0.2, 0.25) is 5.91 Å². The van der Waals surface area contributed by atoms with Gasteiger partial charge in [0.05, 0.1) is 0 Å². The number of piperidine rings is 1. The Balaban J connectivity index is 1.98. The highest BCUT2D eigenvalue weighted by molar-refractivity contribution is 6.30. The number of H-pyrrole nitrogens is 1. The lowest BCUT2D eigenvalue weighted by molar-refractivity contribution is -0.132. The van der Waals surface area contributed by atoms with Crippen molar-refractivity contribution in [1.29, 1.82) is 0 Å². The van der Waals surface area contributed by atoms with E-state index in [-0.39, 0.29) is 21.9 Å². The molecule has 1 saturated heterocycles. The van der Waals surface area contributed by atoms with Crippen LogP contribution in [0, 0.1) is 0 Å². The molecule has 1 amide bonds. The van der Waals surface area contributed by atoms with Crippen molar-refractivity contribution in [1.82, 2.24) is 9.88 Å². The highest BCUT2D eigenvalue weighted by Crippen LogP contribution is 2.27. The lowest BCUT2D eigenvalue weighted by atomic mass is 9.86. The molecule has 0 radical (unpaired) electrons. The molecule has 1 aromatic carbocycles. The maximum absolute atomic E-state index is 12.2. The number of aromatic nitrogens is 1. The van der Waals surface area contributed by atoms with Gasteiger partial charge in [-0.15, -0.1) is 0 Å². The van der Waals surface area contributed by atoms with Crippen molar-refractivity contribution in [3.8, 4) is 0 Å². The number of rotatable bonds is 4. The molecule has 1 aromatic heterocycles. The number of halogens is 1. The first-order chi connectivity index (χ1) is 13.3. The normalized spacial score (nSPS) is 15.8. The molecule has 148 valence electrons. The summed E-state index contributed by atoms with van der Waals surface area (Å²) in [6.07, 6.45) is 4.63. The summed E-state index contributed by atoms with van der Waals surface area (Å²) in [7, 11) is 0. The Kier molecular flexibility index (Phi) is 6.09. The van der Waals surface area contributed by atoms with E-state index >= 15 is 0 Å². The Hall–Kier alpha value is -2.33. The first kappa shape index (κ1) is 20.4. The van der Waals surface area contributed by atoms with Crippen LogP contribution in [0.3, 0.4) is 0 Å². The number of pyridine rings is 1. The maximum Gasteiger partial charge on any atom is 0.267 e. The topological polar surface area (TPSA) is 53.2 Å². The first-order valence-corrected chi connectivity index (χ1v) is 10.1. The third kappa shape index (κ3) is 4.74. The molecule has 0 spiro atoms. The Morgan fingerprint density at radius 3 is 2.43 bits per heavy atom. The third-order valence-corrected chi connectivity index (χ3v) is 5.45. The summed E-state index contributed by atoms with van der Waals surface area (Å²) in [5.74, 6) is 0.189. The summed E-state index contributed by atoms with van der Waals surface area (Å²) in [4.78, 5) is 28.9. The Morgan fingerprint density at radius 2 is 1.82 bits per heavy atom. The summed E-state index contributed by atoms with van der Waals surface area (Å²) < 4.78 is 0. The van der Waals surface area contributed by atoms with E-state index in [2.05, 4.69) is 50.0 Å². The number of carbonyl (C=O) groups is 1. The van der Waals surface area contributed by atoms with Gasteiger partial charge >= 0.3 is 0 Å². The molecule has 0 aliphatic carbocycles. The van der Waals surface area contributed by atoms with Crippen LogP contribution in [0.4, 0.5) is 0 Å². The SMILES string of the molecule is CC(C)(C)c1ccc(/C(=C\CN2CCCCC2=O)c2ccc(Cl)c(=O)[nH]2)cc1. The zero-order valence-corrected chi connectivity index (χ0v) is 17.5. The number of nitrogens with zero attached hydrogens (tertiary/aromatic N) is 1. The van der Waals surface area contributed by atoms with Gasteiger partial charge in [-0.1, -0.05) is 62.7 Å². The fourth-order valence-corrected chi connectivity index (χ4v) is 3.51. The predicted octanol–water partition coefficient (Wildman–Crippen LogP) is 4.77. The van der Waals surface area contributed by atoms with Gasteiger partial charge in [-0.2, -0.15) is 0 Å². The molecule has 3 rings (SSSR count). The molecular weight excluding hydrogens is 372 g/mol. The van der Waals surface area contributed by atoms with Gasteiger partial charge in [-0.3, -0.25) is 9.59 Å². The minimum atomic E-state index is -0.314. The zero-order chi connectivity index (χ0) is 20.3. The highest BCUT2D eigenvalue weighted by Gasteiger charge is 2.18. The van der Waals surface area contributed by atoms with E-state index in [4.69, 9.17) is 11.6 Å². The van der Waals surface area contributed by atoms with Crippen LogP contribution in [0.5, 0.6) is 0 Å². The molecule has 5 heteroatoms. The van der Waals surface area contributed by atoms with Crippen LogP contribution in [-0.2, 0) is 10.2 Å². The lowest BCUT2D eigenvalue weighted by Crippen LogP contribution is -2.35. The van der Waals surface area contributed by atoms with Crippen LogP contribution in [0.1, 0.15) is 56.9 Å². The van der Waals surface area contributed by atoms with Gasteiger partial charge in [-0.25, -0.2) is 0 Å². The average molecular weight is 399 g/mol. The standard InChI is InChI=1S/C23H27ClN2O2/c1-23(2,3)17-9-7-16(8-10-17)18(20-12-11-19(24)22(28)25-20)13-15-26-14-5-4-6-21(26)27/h7-13H,4-6,14-15H2,1-3H3,(H,25,28)/b18-13+. The Labute approximate surface area is 171 Å². The van der Waals surface area contributed by atoms with Gasteiger partial charge in [0.1, 0.15) is 5.02 Å². The van der Waals surface area contributed by atoms with Crippen LogP contribution in [0.2, 0.25) is 5.02 Å². The Morgan fingerprint density at radius 1 is 1.11 bits per heavy atom. The van der Waals surface area contributed by atoms with E-state index in [0.717, 1.165) is 30.5 Å². The predicted molar refractivity (Wildman–Crippen MR) is 115 cm³/mol. The van der Waals surface area contributed by atoms with Crippen molar-refractivity contribution >= 4 is 23.1 Å². The van der Waals surface area contributed by atoms with Crippen molar-refractivity contribution < 1.29 is 4.79 Å². The minimum absolute atomic E-state index is 0.0667. The molecule has 28 heavy (non-hydrogen) atoms. The molecule has 1 N–H and O–H groups in total. The smallest absolute Gasteiger partial charge is 0.267 e. The van der Waals surface area contributed by atoms with E-state index in [9.17, 15) is 9.59 Å². The average Bonchev–Trinajstić information content (AvgIpc) is 2.66. The summed E-state index contributed by atoms with van der Waals surface area (Å²) in [6.45, 7) is 7.84. The molecule has 0 atom stereocenters. The van der Waals surface area contributed by atoms with E-state index < -0.39 is 0 Å². The quantitative estimate of drug-likeness (QED) is 0.806. The first-order valence-electron chi connectivity index (χ1n) is 9.74. The van der Waals surface area contributed by atoms with Gasteiger partial charge in [-0.05, 0) is 41.5 Å². The molecule has 0 saturated carbocycles. The fraction of sp³-hybridized carbons (Fsp3) is 0.391. The van der Waals surface area contributed by atoms with Crippen molar-refractivity contribution in [2.45, 2.75) is 45.4 Å². The zero-order valence-electron chi connectivity index (χ0n) is 16.7. The molecule has 1 aliphatic rings. The molecule has 0 unspecified atom stereocenters. The number of benzene rings is 1. The molecule has 2 aromatic rings. The molecular formula is C23H27ClN2O2. The van der Waals surface area contributed by atoms with E-state index in [0.29, 0.717) is 18.7 Å². The van der Waals surface area contributed by atoms with Crippen LogP contribution in [0.25, 0.3) is 5.57 Å². The van der Waals surface area contributed by atoms with Crippen LogP contribution in [-0.4, -0.2) is 28.9 Å². The fourth-order valence-electron chi connectivity index (χ4n) is 3.40. The number of hydrogen-bond donors (Lipinski definition) is 1. The van der Waals surface area contributed by atoms with Crippen molar-refractivity contribution in [3.63, 3.8) is 0 Å². The van der Waals surface area contributed by atoms with Crippen LogP contribution < -0.4 is 5.56 Å². The summed E-state index contributed by atoms with van der Waals surface area (Å²) in [5.41, 5.74) is 3.58. The van der Waals surface area contributed by atoms with Gasteiger partial charge in [0.25, 0.3) is 5.56 Å². The summed E-state index contributed by atoms with van der Waals surface area (Å²) in [6, 6.07) is 11.8. The van der Waals surface area contributed by atoms with Gasteiger partial charge in [0, 0.05) is 30.8 Å². The monoisotopic (exact) mass is 398 g/mol. The van der Waals surface area contributed by atoms with Gasteiger partial charge in [0.15, 0.2) is 0 Å². The maximum atomic E-state index is 12.2. The molecule has 0 bridgehead atoms. The minimum Gasteiger partial charge on any atom is -0.339 e. The number of carbonyl (C=O) groups excluding carboxylic acids is 1. The van der Waals surface area contributed by atoms with Crippen LogP contribution in [0.15, 0.2) is 47.3 Å². The molecule has 2 heterocycles. The van der Waals surface area contributed by atoms with Gasteiger partial charge < -0.3 is 9.88 Å². The molecule has 1 fully saturated rings. The summed E-state index contributed by atoms with van der Waals surface area (Å²) >= 11 is 5.90. The van der Waals surface area contributed by atoms with E-state index in [1.54, 1.807) is 6.07 Å². The number of nitrogens with one attached hydrogen (secondary N) is 1. The second kappa shape index (κ2) is 8.36. The molecule has 4 nitrogen and oxygen atoms in total. The third-order valence-electron chi connectivity index (χ3n) is 5.15. The molecule has 1 aliphatic heterocycles. The van der Waals surface area contributed by atoms with Crippen molar-refractivity contribution in [3.05, 3.63) is 74.7 Å². The summed E-state index contributed by atoms with van der Waals surface area (Å²) in [5, 5.41) is 0.164. The van der Waals surface area contributed by atoms with Crippen molar-refractivity contribution in [2.75, 3.05) is 13.1 Å². The second-order valence-electron chi connectivity index (χ2n) is 8.29. The number of likely N-dealkylation sites (tertiary alicyclic amines) is 1. The highest BCUT2D eigenvalue weighted by atomic mass is 35.5. The van der Waals surface area contributed by atoms with Crippen molar-refractivity contribution in [2.24, 2.45) is 0 Å². The van der Waals surface area contributed by atoms with Crippen LogP contribution >= 0.6 is 11.6 Å².